The molecule has 1 aromatic rings. The van der Waals surface area contributed by atoms with Crippen LogP contribution >= 0.6 is 0 Å². The van der Waals surface area contributed by atoms with Crippen molar-refractivity contribution in [1.82, 2.24) is 9.78 Å². The van der Waals surface area contributed by atoms with Crippen LogP contribution in [-0.4, -0.2) is 22.1 Å². The average molecular weight is 237 g/mol. The maximum atomic E-state index is 11.9. The van der Waals surface area contributed by atoms with Gasteiger partial charge in [-0.2, -0.15) is 5.10 Å². The van der Waals surface area contributed by atoms with Gasteiger partial charge in [0.1, 0.15) is 5.78 Å². The summed E-state index contributed by atoms with van der Waals surface area (Å²) in [6, 6.07) is 0. The van der Waals surface area contributed by atoms with Crippen LogP contribution in [0.3, 0.4) is 0 Å². The Morgan fingerprint density at radius 2 is 2.24 bits per heavy atom. The van der Waals surface area contributed by atoms with Crippen LogP contribution in [0, 0.1) is 11.8 Å². The van der Waals surface area contributed by atoms with Crippen LogP contribution < -0.4 is 5.73 Å². The molecule has 0 aliphatic rings. The van der Waals surface area contributed by atoms with Gasteiger partial charge in [0, 0.05) is 26.1 Å². The summed E-state index contributed by atoms with van der Waals surface area (Å²) in [4.78, 5) is 11.9. The van der Waals surface area contributed by atoms with E-state index < -0.39 is 0 Å². The summed E-state index contributed by atoms with van der Waals surface area (Å²) in [6.07, 6.45) is 5.72. The normalized spacial score (nSPS) is 13.0. The number of carbonyl (C=O) groups is 1. The summed E-state index contributed by atoms with van der Waals surface area (Å²) in [5.41, 5.74) is 6.68. The van der Waals surface area contributed by atoms with E-state index in [0.717, 1.165) is 12.0 Å². The minimum atomic E-state index is 0.258. The lowest BCUT2D eigenvalue weighted by Crippen LogP contribution is -2.20. The fourth-order valence-electron chi connectivity index (χ4n) is 2.11. The fraction of sp³-hybridized carbons (Fsp3) is 0.692. The van der Waals surface area contributed by atoms with E-state index in [4.69, 9.17) is 5.73 Å². The van der Waals surface area contributed by atoms with Gasteiger partial charge in [0.25, 0.3) is 0 Å². The van der Waals surface area contributed by atoms with Crippen molar-refractivity contribution in [1.29, 1.82) is 0 Å². The first-order valence-electron chi connectivity index (χ1n) is 6.20. The Hall–Kier alpha value is -1.16. The monoisotopic (exact) mass is 237 g/mol. The van der Waals surface area contributed by atoms with Gasteiger partial charge in [0.2, 0.25) is 0 Å². The Bertz CT molecular complexity index is 357. The standard InChI is InChI=1S/C13H23N3O/c1-10(2)4-11(7-14)5-13(17)6-12-8-15-16(3)9-12/h8-11H,4-7,14H2,1-3H3. The molecule has 0 aliphatic carbocycles. The summed E-state index contributed by atoms with van der Waals surface area (Å²) >= 11 is 0. The second-order valence-corrected chi connectivity index (χ2v) is 5.17. The number of aryl methyl sites for hydroxylation is 1. The van der Waals surface area contributed by atoms with Gasteiger partial charge in [-0.1, -0.05) is 13.8 Å². The smallest absolute Gasteiger partial charge is 0.137 e. The first kappa shape index (κ1) is 13.9. The van der Waals surface area contributed by atoms with Crippen LogP contribution in [0.5, 0.6) is 0 Å². The molecule has 0 aliphatic heterocycles. The van der Waals surface area contributed by atoms with Crippen LogP contribution in [0.1, 0.15) is 32.3 Å². The third kappa shape index (κ3) is 5.13. The zero-order valence-electron chi connectivity index (χ0n) is 11.0. The molecule has 0 amide bonds. The largest absolute Gasteiger partial charge is 0.330 e. The Kier molecular flexibility index (Phi) is 5.35. The molecule has 0 fully saturated rings. The second-order valence-electron chi connectivity index (χ2n) is 5.17. The van der Waals surface area contributed by atoms with Gasteiger partial charge in [-0.3, -0.25) is 9.48 Å². The molecule has 1 unspecified atom stereocenters. The first-order valence-corrected chi connectivity index (χ1v) is 6.20. The molecule has 0 saturated heterocycles. The van der Waals surface area contributed by atoms with E-state index in [1.165, 1.54) is 0 Å². The molecular weight excluding hydrogens is 214 g/mol. The number of nitrogens with zero attached hydrogens (tertiary/aromatic N) is 2. The molecule has 2 N–H and O–H groups in total. The van der Waals surface area contributed by atoms with Crippen molar-refractivity contribution in [3.8, 4) is 0 Å². The van der Waals surface area contributed by atoms with Crippen LogP contribution in [-0.2, 0) is 18.3 Å². The Morgan fingerprint density at radius 3 is 2.71 bits per heavy atom. The number of ketones is 1. The lowest BCUT2D eigenvalue weighted by atomic mass is 9.91. The van der Waals surface area contributed by atoms with Gasteiger partial charge in [0.15, 0.2) is 0 Å². The first-order chi connectivity index (χ1) is 8.01. The molecule has 96 valence electrons. The lowest BCUT2D eigenvalue weighted by molar-refractivity contribution is -0.119. The summed E-state index contributed by atoms with van der Waals surface area (Å²) in [6.45, 7) is 4.92. The molecule has 4 heteroatoms. The van der Waals surface area contributed by atoms with E-state index in [-0.39, 0.29) is 5.78 Å². The number of hydrogen-bond donors (Lipinski definition) is 1. The van der Waals surface area contributed by atoms with Gasteiger partial charge < -0.3 is 5.73 Å². The highest BCUT2D eigenvalue weighted by Crippen LogP contribution is 2.15. The zero-order chi connectivity index (χ0) is 12.8. The van der Waals surface area contributed by atoms with Crippen LogP contribution in [0.4, 0.5) is 0 Å². The van der Waals surface area contributed by atoms with Crippen molar-refractivity contribution in [2.75, 3.05) is 6.54 Å². The Labute approximate surface area is 103 Å². The molecule has 1 aromatic heterocycles. The van der Waals surface area contributed by atoms with E-state index in [1.807, 2.05) is 13.2 Å². The van der Waals surface area contributed by atoms with E-state index in [1.54, 1.807) is 10.9 Å². The number of aromatic nitrogens is 2. The van der Waals surface area contributed by atoms with Gasteiger partial charge in [0.05, 0.1) is 6.20 Å². The molecule has 0 spiro atoms. The van der Waals surface area contributed by atoms with Crippen molar-refractivity contribution >= 4 is 5.78 Å². The molecule has 4 nitrogen and oxygen atoms in total. The van der Waals surface area contributed by atoms with Crippen molar-refractivity contribution in [3.63, 3.8) is 0 Å². The van der Waals surface area contributed by atoms with Crippen LogP contribution in [0.25, 0.3) is 0 Å². The summed E-state index contributed by atoms with van der Waals surface area (Å²) in [7, 11) is 1.86. The number of rotatable bonds is 7. The molecule has 0 radical (unpaired) electrons. The van der Waals surface area contributed by atoms with Crippen LogP contribution in [0.2, 0.25) is 0 Å². The highest BCUT2D eigenvalue weighted by atomic mass is 16.1. The van der Waals surface area contributed by atoms with E-state index in [0.29, 0.717) is 31.2 Å². The Morgan fingerprint density at radius 1 is 1.53 bits per heavy atom. The zero-order valence-corrected chi connectivity index (χ0v) is 11.0. The van der Waals surface area contributed by atoms with Crippen molar-refractivity contribution in [2.45, 2.75) is 33.1 Å². The maximum absolute atomic E-state index is 11.9. The SMILES string of the molecule is CC(C)CC(CN)CC(=O)Cc1cnn(C)c1. The molecule has 0 bridgehead atoms. The predicted octanol–water partition coefficient (Wildman–Crippen LogP) is 1.54. The summed E-state index contributed by atoms with van der Waals surface area (Å²) in [5.74, 6) is 1.17. The molecule has 1 rings (SSSR count). The van der Waals surface area contributed by atoms with Gasteiger partial charge in [-0.05, 0) is 30.4 Å². The molecule has 0 aromatic carbocycles. The third-order valence-electron chi connectivity index (χ3n) is 2.81. The van der Waals surface area contributed by atoms with E-state index in [9.17, 15) is 4.79 Å². The molecule has 0 saturated carbocycles. The number of Topliss-reactive ketones (excluding diaryl/α,β-unsaturated/α-hetero) is 1. The third-order valence-corrected chi connectivity index (χ3v) is 2.81. The average Bonchev–Trinajstić information content (AvgIpc) is 2.62. The van der Waals surface area contributed by atoms with Crippen molar-refractivity contribution in [3.05, 3.63) is 18.0 Å². The second kappa shape index (κ2) is 6.55. The van der Waals surface area contributed by atoms with Crippen LogP contribution in [0.15, 0.2) is 12.4 Å². The topological polar surface area (TPSA) is 60.9 Å². The van der Waals surface area contributed by atoms with E-state index in [2.05, 4.69) is 18.9 Å². The molecule has 17 heavy (non-hydrogen) atoms. The number of carbonyl (C=O) groups excluding carboxylic acids is 1. The lowest BCUT2D eigenvalue weighted by Gasteiger charge is -2.15. The van der Waals surface area contributed by atoms with Crippen molar-refractivity contribution in [2.24, 2.45) is 24.6 Å². The van der Waals surface area contributed by atoms with Crippen molar-refractivity contribution < 1.29 is 4.79 Å². The summed E-state index contributed by atoms with van der Waals surface area (Å²) in [5, 5.41) is 4.06. The number of hydrogen-bond acceptors (Lipinski definition) is 3. The fourth-order valence-corrected chi connectivity index (χ4v) is 2.11. The maximum Gasteiger partial charge on any atom is 0.137 e. The quantitative estimate of drug-likeness (QED) is 0.782. The predicted molar refractivity (Wildman–Crippen MR) is 68.5 cm³/mol. The molecule has 1 heterocycles. The highest BCUT2D eigenvalue weighted by Gasteiger charge is 2.14. The minimum Gasteiger partial charge on any atom is -0.330 e. The Balaban J connectivity index is 2.42. The molecular formula is C13H23N3O. The van der Waals surface area contributed by atoms with E-state index >= 15 is 0 Å². The number of nitrogens with two attached hydrogens (primary N) is 1. The van der Waals surface area contributed by atoms with Gasteiger partial charge >= 0.3 is 0 Å². The minimum absolute atomic E-state index is 0.258. The molecule has 1 atom stereocenters. The highest BCUT2D eigenvalue weighted by molar-refractivity contribution is 5.80. The summed E-state index contributed by atoms with van der Waals surface area (Å²) < 4.78 is 1.72. The van der Waals surface area contributed by atoms with Gasteiger partial charge in [-0.15, -0.1) is 0 Å². The van der Waals surface area contributed by atoms with Gasteiger partial charge in [-0.25, -0.2) is 0 Å².